The van der Waals surface area contributed by atoms with Crippen LogP contribution in [-0.4, -0.2) is 30.5 Å². The van der Waals surface area contributed by atoms with Gasteiger partial charge in [-0.3, -0.25) is 4.79 Å². The molecule has 0 N–H and O–H groups in total. The van der Waals surface area contributed by atoms with E-state index in [2.05, 4.69) is 34.6 Å². The molecule has 4 fully saturated rings. The summed E-state index contributed by atoms with van der Waals surface area (Å²) in [6, 6.07) is 0. The highest BCUT2D eigenvalue weighted by atomic mass is 16.7. The number of hydrogen-bond donors (Lipinski definition) is 0. The van der Waals surface area contributed by atoms with Crippen molar-refractivity contribution < 1.29 is 18.6 Å². The molecule has 0 aromatic carbocycles. The van der Waals surface area contributed by atoms with Crippen molar-refractivity contribution in [3.63, 3.8) is 0 Å². The molecule has 5 heteroatoms. The average molecular weight is 360 g/mol. The lowest BCUT2D eigenvalue weighted by Gasteiger charge is -2.67. The third kappa shape index (κ3) is 1.42. The number of hydrogen-bond acceptors (Lipinski definition) is 5. The van der Waals surface area contributed by atoms with Gasteiger partial charge in [0.15, 0.2) is 5.43 Å². The molecule has 0 bridgehead atoms. The number of epoxide rings is 2. The van der Waals surface area contributed by atoms with Crippen molar-refractivity contribution in [2.45, 2.75) is 77.3 Å². The highest BCUT2D eigenvalue weighted by Crippen LogP contribution is 2.82. The van der Waals surface area contributed by atoms with Gasteiger partial charge in [-0.05, 0) is 33.6 Å². The fraction of sp³-hybridized carbons (Fsp3) is 0.762. The van der Waals surface area contributed by atoms with Crippen molar-refractivity contribution in [1.29, 1.82) is 0 Å². The lowest BCUT2D eigenvalue weighted by Crippen LogP contribution is -2.73. The Morgan fingerprint density at radius 3 is 2.19 bits per heavy atom. The summed E-state index contributed by atoms with van der Waals surface area (Å²) in [5, 5.41) is 0. The second kappa shape index (κ2) is 4.22. The molecule has 3 heterocycles. The number of methoxy groups -OCH3 is 1. The van der Waals surface area contributed by atoms with Crippen LogP contribution in [0.1, 0.15) is 51.5 Å². The molecular weight excluding hydrogens is 332 g/mol. The van der Waals surface area contributed by atoms with E-state index in [-0.39, 0.29) is 45.6 Å². The third-order valence-electron chi connectivity index (χ3n) is 8.58. The van der Waals surface area contributed by atoms with E-state index in [4.69, 9.17) is 18.6 Å². The maximum Gasteiger partial charge on any atom is 0.291 e. The molecule has 2 aliphatic heterocycles. The first-order valence-electron chi connectivity index (χ1n) is 9.53. The minimum absolute atomic E-state index is 0.00636. The molecule has 1 aromatic rings. The van der Waals surface area contributed by atoms with Crippen LogP contribution in [0.4, 0.5) is 0 Å². The topological polar surface area (TPSA) is 64.5 Å². The fourth-order valence-corrected chi connectivity index (χ4v) is 7.34. The minimum Gasteiger partial charge on any atom is -0.468 e. The van der Waals surface area contributed by atoms with Crippen molar-refractivity contribution in [2.75, 3.05) is 7.11 Å². The largest absolute Gasteiger partial charge is 0.468 e. The van der Waals surface area contributed by atoms with Gasteiger partial charge in [0.05, 0.1) is 24.4 Å². The molecule has 0 unspecified atom stereocenters. The third-order valence-corrected chi connectivity index (χ3v) is 8.58. The first kappa shape index (κ1) is 16.8. The van der Waals surface area contributed by atoms with Crippen LogP contribution in [0.2, 0.25) is 0 Å². The zero-order chi connectivity index (χ0) is 19.0. The molecule has 2 saturated heterocycles. The van der Waals surface area contributed by atoms with Gasteiger partial charge in [0.25, 0.3) is 5.95 Å². The monoisotopic (exact) mass is 360 g/mol. The Morgan fingerprint density at radius 1 is 0.962 bits per heavy atom. The Hall–Kier alpha value is -1.33. The highest BCUT2D eigenvalue weighted by molar-refractivity contribution is 5.46. The van der Waals surface area contributed by atoms with Crippen molar-refractivity contribution >= 4 is 0 Å². The first-order chi connectivity index (χ1) is 12.0. The van der Waals surface area contributed by atoms with E-state index in [1.54, 1.807) is 14.0 Å². The van der Waals surface area contributed by atoms with Crippen LogP contribution in [0.5, 0.6) is 5.95 Å². The van der Waals surface area contributed by atoms with Crippen molar-refractivity contribution in [3.05, 3.63) is 27.1 Å². The Labute approximate surface area is 154 Å². The van der Waals surface area contributed by atoms with E-state index in [0.717, 1.165) is 5.76 Å². The molecule has 2 saturated carbocycles. The summed E-state index contributed by atoms with van der Waals surface area (Å²) >= 11 is 0. The van der Waals surface area contributed by atoms with E-state index in [1.807, 2.05) is 6.92 Å². The van der Waals surface area contributed by atoms with Gasteiger partial charge >= 0.3 is 0 Å². The molecule has 5 rings (SSSR count). The summed E-state index contributed by atoms with van der Waals surface area (Å²) in [5.41, 5.74) is 0.541. The Balaban J connectivity index is 1.70. The Kier molecular flexibility index (Phi) is 2.73. The summed E-state index contributed by atoms with van der Waals surface area (Å²) in [5.74, 6) is 1.60. The van der Waals surface area contributed by atoms with Gasteiger partial charge < -0.3 is 18.6 Å². The standard InChI is InChI=1S/C21H28O5/c1-9-12(22)10(2)14(23-8)24-13(9)18(4)11(3)19(5)15(18)20(6)17(26-20)21(7)16(19)25-21/h11,15-17H,1-8H3/t11-,15-,16+,17-,18+,19+,20-,21+/m0/s1. The van der Waals surface area contributed by atoms with Gasteiger partial charge in [-0.1, -0.05) is 20.8 Å². The molecule has 8 atom stereocenters. The summed E-state index contributed by atoms with van der Waals surface area (Å²) in [6.07, 6.45) is 0.340. The van der Waals surface area contributed by atoms with Crippen LogP contribution < -0.4 is 10.2 Å². The number of rotatable bonds is 2. The quantitative estimate of drug-likeness (QED) is 0.758. The van der Waals surface area contributed by atoms with Crippen LogP contribution in [0.25, 0.3) is 0 Å². The summed E-state index contributed by atoms with van der Waals surface area (Å²) in [4.78, 5) is 12.8. The van der Waals surface area contributed by atoms with E-state index >= 15 is 0 Å². The van der Waals surface area contributed by atoms with Crippen LogP contribution in [0.15, 0.2) is 9.21 Å². The molecule has 2 aliphatic carbocycles. The van der Waals surface area contributed by atoms with Gasteiger partial charge in [0.1, 0.15) is 17.5 Å². The summed E-state index contributed by atoms with van der Waals surface area (Å²) < 4.78 is 24.0. The predicted molar refractivity (Wildman–Crippen MR) is 95.7 cm³/mol. The van der Waals surface area contributed by atoms with E-state index in [9.17, 15) is 4.79 Å². The molecular formula is C21H28O5. The summed E-state index contributed by atoms with van der Waals surface area (Å²) in [6.45, 7) is 14.8. The molecule has 5 nitrogen and oxygen atoms in total. The highest BCUT2D eigenvalue weighted by Gasteiger charge is 2.92. The lowest BCUT2D eigenvalue weighted by molar-refractivity contribution is -0.177. The van der Waals surface area contributed by atoms with Crippen LogP contribution in [0.3, 0.4) is 0 Å². The minimum atomic E-state index is -0.296. The molecule has 142 valence electrons. The molecule has 0 amide bonds. The van der Waals surface area contributed by atoms with Crippen molar-refractivity contribution in [3.8, 4) is 5.95 Å². The molecule has 0 spiro atoms. The first-order valence-corrected chi connectivity index (χ1v) is 9.53. The zero-order valence-electron chi connectivity index (χ0n) is 16.9. The SMILES string of the molecule is COc1oc([C@@]2(C)[C@H](C)[C@@]3(C)[C@H]4O[C@@]4(C)[C@H]4O[C@@]4(C)[C@@H]23)c(C)c(=O)c1C. The smallest absolute Gasteiger partial charge is 0.291 e. The summed E-state index contributed by atoms with van der Waals surface area (Å²) in [7, 11) is 1.55. The average Bonchev–Trinajstić information content (AvgIpc) is 3.48. The number of fused-ring (bicyclic) bond motifs is 6. The maximum absolute atomic E-state index is 12.8. The van der Waals surface area contributed by atoms with Gasteiger partial charge in [-0.2, -0.15) is 0 Å². The van der Waals surface area contributed by atoms with Gasteiger partial charge in [-0.15, -0.1) is 0 Å². The fourth-order valence-electron chi connectivity index (χ4n) is 7.34. The van der Waals surface area contributed by atoms with Crippen LogP contribution in [0, 0.1) is 31.1 Å². The molecule has 1 aromatic heterocycles. The van der Waals surface area contributed by atoms with E-state index in [0.29, 0.717) is 23.0 Å². The normalized spacial score (nSPS) is 53.1. The van der Waals surface area contributed by atoms with Crippen LogP contribution >= 0.6 is 0 Å². The van der Waals surface area contributed by atoms with Crippen LogP contribution in [-0.2, 0) is 14.9 Å². The van der Waals surface area contributed by atoms with E-state index < -0.39 is 0 Å². The van der Waals surface area contributed by atoms with Gasteiger partial charge in [0, 0.05) is 22.3 Å². The lowest BCUT2D eigenvalue weighted by atomic mass is 9.33. The maximum atomic E-state index is 12.8. The van der Waals surface area contributed by atoms with Gasteiger partial charge in [-0.25, -0.2) is 0 Å². The molecule has 26 heavy (non-hydrogen) atoms. The number of ether oxygens (including phenoxy) is 3. The van der Waals surface area contributed by atoms with Crippen molar-refractivity contribution in [2.24, 2.45) is 17.3 Å². The second-order valence-electron chi connectivity index (χ2n) is 9.67. The Bertz CT molecular complexity index is 904. The molecule has 0 radical (unpaired) electrons. The molecule has 4 aliphatic rings. The van der Waals surface area contributed by atoms with E-state index in [1.165, 1.54) is 0 Å². The Morgan fingerprint density at radius 2 is 1.58 bits per heavy atom. The zero-order valence-corrected chi connectivity index (χ0v) is 16.9. The van der Waals surface area contributed by atoms with Gasteiger partial charge in [0.2, 0.25) is 0 Å². The predicted octanol–water partition coefficient (Wildman–Crippen LogP) is 3.12. The second-order valence-corrected chi connectivity index (χ2v) is 9.67. The van der Waals surface area contributed by atoms with Crippen molar-refractivity contribution in [1.82, 2.24) is 0 Å².